The van der Waals surface area contributed by atoms with Crippen LogP contribution in [0.5, 0.6) is 0 Å². The van der Waals surface area contributed by atoms with Gasteiger partial charge in [-0.25, -0.2) is 8.78 Å². The van der Waals surface area contributed by atoms with Crippen molar-refractivity contribution in [2.45, 2.75) is 37.4 Å². The average Bonchev–Trinajstić information content (AvgIpc) is 3.10. The van der Waals surface area contributed by atoms with Crippen LogP contribution in [0.25, 0.3) is 0 Å². The Morgan fingerprint density at radius 2 is 1.33 bits per heavy atom. The van der Waals surface area contributed by atoms with Gasteiger partial charge < -0.3 is 19.8 Å². The highest BCUT2D eigenvalue weighted by atomic mass is 19.1. The molecule has 1 aliphatic rings. The SMILES string of the molecule is CN(C)CCN(C)[C@@H]1[C@H](O)[C@H](CO)O[C@@H]1CN(Cc1ccc(F)cc1)Cc1ccc(F)cc1. The molecule has 2 aromatic rings. The Morgan fingerprint density at radius 3 is 1.79 bits per heavy atom. The lowest BCUT2D eigenvalue weighted by molar-refractivity contribution is -0.0323. The molecule has 1 saturated heterocycles. The number of hydrogen-bond acceptors (Lipinski definition) is 6. The average molecular weight is 464 g/mol. The van der Waals surface area contributed by atoms with Crippen LogP contribution in [0.4, 0.5) is 8.78 Å². The number of halogens is 2. The zero-order chi connectivity index (χ0) is 24.0. The monoisotopic (exact) mass is 463 g/mol. The summed E-state index contributed by atoms with van der Waals surface area (Å²) in [4.78, 5) is 6.30. The Kier molecular flexibility index (Phi) is 9.31. The highest BCUT2D eigenvalue weighted by molar-refractivity contribution is 5.18. The fraction of sp³-hybridized carbons (Fsp3) is 0.520. The summed E-state index contributed by atoms with van der Waals surface area (Å²) < 4.78 is 32.9. The van der Waals surface area contributed by atoms with Gasteiger partial charge >= 0.3 is 0 Å². The molecule has 33 heavy (non-hydrogen) atoms. The number of rotatable bonds is 11. The molecule has 2 N–H and O–H groups in total. The highest BCUT2D eigenvalue weighted by Crippen LogP contribution is 2.27. The van der Waals surface area contributed by atoms with Crippen LogP contribution < -0.4 is 0 Å². The molecule has 1 heterocycles. The highest BCUT2D eigenvalue weighted by Gasteiger charge is 2.45. The summed E-state index contributed by atoms with van der Waals surface area (Å²) in [5, 5.41) is 20.6. The molecule has 4 atom stereocenters. The quantitative estimate of drug-likeness (QED) is 0.531. The molecule has 0 amide bonds. The van der Waals surface area contributed by atoms with Gasteiger partial charge in [-0.3, -0.25) is 9.80 Å². The van der Waals surface area contributed by atoms with Crippen LogP contribution in [0, 0.1) is 11.6 Å². The molecule has 1 aliphatic heterocycles. The summed E-state index contributed by atoms with van der Waals surface area (Å²) in [7, 11) is 5.95. The summed E-state index contributed by atoms with van der Waals surface area (Å²) in [6, 6.07) is 12.4. The second-order valence-corrected chi connectivity index (χ2v) is 9.08. The van der Waals surface area contributed by atoms with E-state index in [2.05, 4.69) is 14.7 Å². The Morgan fingerprint density at radius 1 is 0.818 bits per heavy atom. The molecular weight excluding hydrogens is 428 g/mol. The van der Waals surface area contributed by atoms with Crippen LogP contribution in [0.3, 0.4) is 0 Å². The largest absolute Gasteiger partial charge is 0.394 e. The molecule has 0 spiro atoms. The van der Waals surface area contributed by atoms with Crippen LogP contribution in [-0.2, 0) is 17.8 Å². The fourth-order valence-corrected chi connectivity index (χ4v) is 4.31. The number of ether oxygens (including phenoxy) is 1. The Labute approximate surface area is 195 Å². The van der Waals surface area contributed by atoms with Gasteiger partial charge in [0.05, 0.1) is 18.8 Å². The second-order valence-electron chi connectivity index (χ2n) is 9.08. The third-order valence-electron chi connectivity index (χ3n) is 6.13. The molecule has 0 saturated carbocycles. The minimum Gasteiger partial charge on any atom is -0.394 e. The molecule has 8 heteroatoms. The van der Waals surface area contributed by atoms with E-state index in [1.165, 1.54) is 24.3 Å². The predicted molar refractivity (Wildman–Crippen MR) is 124 cm³/mol. The number of benzene rings is 2. The van der Waals surface area contributed by atoms with Crippen LogP contribution in [0.1, 0.15) is 11.1 Å². The second kappa shape index (κ2) is 12.0. The topological polar surface area (TPSA) is 59.4 Å². The van der Waals surface area contributed by atoms with Gasteiger partial charge in [-0.2, -0.15) is 0 Å². The van der Waals surface area contributed by atoms with Crippen molar-refractivity contribution in [2.24, 2.45) is 0 Å². The van der Waals surface area contributed by atoms with Crippen molar-refractivity contribution >= 4 is 0 Å². The first-order chi connectivity index (χ1) is 15.8. The molecule has 6 nitrogen and oxygen atoms in total. The van der Waals surface area contributed by atoms with E-state index in [1.54, 1.807) is 24.3 Å². The molecule has 182 valence electrons. The molecule has 0 bridgehead atoms. The molecule has 0 radical (unpaired) electrons. The summed E-state index contributed by atoms with van der Waals surface area (Å²) in [5.74, 6) is -0.584. The van der Waals surface area contributed by atoms with E-state index in [4.69, 9.17) is 4.74 Å². The molecule has 0 aliphatic carbocycles. The first kappa shape index (κ1) is 25.7. The van der Waals surface area contributed by atoms with Gasteiger partial charge in [0.25, 0.3) is 0 Å². The molecular formula is C25H35F2N3O3. The summed E-state index contributed by atoms with van der Waals surface area (Å²) >= 11 is 0. The van der Waals surface area contributed by atoms with E-state index in [9.17, 15) is 19.0 Å². The smallest absolute Gasteiger partial charge is 0.123 e. The Bertz CT molecular complexity index is 803. The lowest BCUT2D eigenvalue weighted by Gasteiger charge is -2.34. The van der Waals surface area contributed by atoms with Crippen LogP contribution in [-0.4, -0.2) is 96.7 Å². The van der Waals surface area contributed by atoms with Gasteiger partial charge in [0.2, 0.25) is 0 Å². The van der Waals surface area contributed by atoms with Crippen molar-refractivity contribution in [3.8, 4) is 0 Å². The van der Waals surface area contributed by atoms with Crippen molar-refractivity contribution in [3.63, 3.8) is 0 Å². The van der Waals surface area contributed by atoms with Crippen LogP contribution in [0.2, 0.25) is 0 Å². The zero-order valence-corrected chi connectivity index (χ0v) is 19.6. The maximum Gasteiger partial charge on any atom is 0.123 e. The maximum absolute atomic E-state index is 13.4. The number of nitrogens with zero attached hydrogens (tertiary/aromatic N) is 3. The van der Waals surface area contributed by atoms with Gasteiger partial charge in [-0.05, 0) is 56.5 Å². The standard InChI is InChI=1S/C25H35F2N3O3/c1-28(2)12-13-29(3)24-22(33-23(17-31)25(24)32)16-30(14-18-4-8-20(26)9-5-18)15-19-6-10-21(27)11-7-19/h4-11,22-25,31-32H,12-17H2,1-3H3/t22-,23+,24+,25-/m1/s1. The summed E-state index contributed by atoms with van der Waals surface area (Å²) in [6.07, 6.45) is -1.81. The number of hydrogen-bond donors (Lipinski definition) is 2. The van der Waals surface area contributed by atoms with Gasteiger partial charge in [0, 0.05) is 32.7 Å². The Balaban J connectivity index is 1.79. The molecule has 2 aromatic carbocycles. The van der Waals surface area contributed by atoms with E-state index in [1.807, 2.05) is 21.1 Å². The molecule has 0 unspecified atom stereocenters. The minimum atomic E-state index is -0.814. The third-order valence-corrected chi connectivity index (χ3v) is 6.13. The van der Waals surface area contributed by atoms with Crippen molar-refractivity contribution in [2.75, 3.05) is 47.4 Å². The predicted octanol–water partition coefficient (Wildman–Crippen LogP) is 1.95. The van der Waals surface area contributed by atoms with E-state index in [-0.39, 0.29) is 30.4 Å². The summed E-state index contributed by atoms with van der Waals surface area (Å²) in [5.41, 5.74) is 1.88. The number of aliphatic hydroxyl groups excluding tert-OH is 2. The minimum absolute atomic E-state index is 0.258. The van der Waals surface area contributed by atoms with E-state index in [0.29, 0.717) is 19.6 Å². The normalized spacial score (nSPS) is 23.2. The van der Waals surface area contributed by atoms with Crippen molar-refractivity contribution in [3.05, 3.63) is 71.3 Å². The van der Waals surface area contributed by atoms with Gasteiger partial charge in [0.1, 0.15) is 23.8 Å². The molecule has 3 rings (SSSR count). The number of aliphatic hydroxyl groups is 2. The van der Waals surface area contributed by atoms with E-state index in [0.717, 1.165) is 24.2 Å². The van der Waals surface area contributed by atoms with Gasteiger partial charge in [-0.1, -0.05) is 24.3 Å². The summed E-state index contributed by atoms with van der Waals surface area (Å²) in [6.45, 7) is 2.86. The van der Waals surface area contributed by atoms with E-state index < -0.39 is 12.2 Å². The van der Waals surface area contributed by atoms with E-state index >= 15 is 0 Å². The van der Waals surface area contributed by atoms with Crippen molar-refractivity contribution < 1.29 is 23.7 Å². The lowest BCUT2D eigenvalue weighted by atomic mass is 10.0. The number of likely N-dealkylation sites (N-methyl/N-ethyl adjacent to an activating group) is 2. The molecule has 1 fully saturated rings. The van der Waals surface area contributed by atoms with Gasteiger partial charge in [0.15, 0.2) is 0 Å². The lowest BCUT2D eigenvalue weighted by Crippen LogP contribution is -2.51. The zero-order valence-electron chi connectivity index (χ0n) is 19.6. The maximum atomic E-state index is 13.4. The fourth-order valence-electron chi connectivity index (χ4n) is 4.31. The van der Waals surface area contributed by atoms with Gasteiger partial charge in [-0.15, -0.1) is 0 Å². The Hall–Kier alpha value is -1.94. The van der Waals surface area contributed by atoms with Crippen molar-refractivity contribution in [1.29, 1.82) is 0 Å². The molecule has 0 aromatic heterocycles. The van der Waals surface area contributed by atoms with Crippen LogP contribution >= 0.6 is 0 Å². The third kappa shape index (κ3) is 7.27. The van der Waals surface area contributed by atoms with Crippen LogP contribution in [0.15, 0.2) is 48.5 Å². The first-order valence-corrected chi connectivity index (χ1v) is 11.3. The first-order valence-electron chi connectivity index (χ1n) is 11.3. The van der Waals surface area contributed by atoms with Crippen molar-refractivity contribution in [1.82, 2.24) is 14.7 Å².